The van der Waals surface area contributed by atoms with Crippen LogP contribution in [0.3, 0.4) is 0 Å². The van der Waals surface area contributed by atoms with Crippen LogP contribution >= 0.6 is 31.9 Å². The van der Waals surface area contributed by atoms with Crippen molar-refractivity contribution in [3.63, 3.8) is 0 Å². The molecule has 2 aliphatic rings. The lowest BCUT2D eigenvalue weighted by Crippen LogP contribution is -2.16. The number of benzene rings is 1. The Balaban J connectivity index is 1.58. The Morgan fingerprint density at radius 2 is 1.67 bits per heavy atom. The molecule has 2 aliphatic carbocycles. The normalized spacial score (nSPS) is 19.7. The van der Waals surface area contributed by atoms with E-state index >= 15 is 0 Å². The van der Waals surface area contributed by atoms with Gasteiger partial charge in [0, 0.05) is 12.6 Å². The van der Waals surface area contributed by atoms with Crippen LogP contribution in [0.15, 0.2) is 21.1 Å². The largest absolute Gasteiger partial charge is 0.491 e. The summed E-state index contributed by atoms with van der Waals surface area (Å²) in [5.41, 5.74) is 1.30. The van der Waals surface area contributed by atoms with Crippen LogP contribution in [0.25, 0.3) is 0 Å². The minimum absolute atomic E-state index is 0.730. The molecule has 0 aliphatic heterocycles. The number of ether oxygens (including phenoxy) is 1. The Morgan fingerprint density at radius 1 is 1.00 bits per heavy atom. The van der Waals surface area contributed by atoms with Crippen LogP contribution in [0.1, 0.15) is 50.5 Å². The standard InChI is InChI=1S/C17H23Br2NO/c18-15-8-13(10-20-14-6-7-14)9-16(19)17(15)21-11-12-4-2-1-3-5-12/h8-9,12,14,20H,1-7,10-11H2. The highest BCUT2D eigenvalue weighted by Gasteiger charge is 2.20. The third-order valence-electron chi connectivity index (χ3n) is 4.42. The second-order valence-corrected chi connectivity index (χ2v) is 8.07. The predicted octanol–water partition coefficient (Wildman–Crippen LogP) is 5.42. The fourth-order valence-electron chi connectivity index (χ4n) is 2.96. The monoisotopic (exact) mass is 415 g/mol. The number of halogens is 2. The van der Waals surface area contributed by atoms with Crippen LogP contribution < -0.4 is 10.1 Å². The van der Waals surface area contributed by atoms with E-state index in [1.54, 1.807) is 0 Å². The molecule has 0 unspecified atom stereocenters. The summed E-state index contributed by atoms with van der Waals surface area (Å²) in [5.74, 6) is 1.68. The van der Waals surface area contributed by atoms with E-state index in [1.807, 2.05) is 0 Å². The smallest absolute Gasteiger partial charge is 0.147 e. The van der Waals surface area contributed by atoms with Gasteiger partial charge in [0.05, 0.1) is 15.6 Å². The first-order valence-electron chi connectivity index (χ1n) is 8.06. The minimum atomic E-state index is 0.730. The van der Waals surface area contributed by atoms with Crippen molar-refractivity contribution in [1.29, 1.82) is 0 Å². The second-order valence-electron chi connectivity index (χ2n) is 6.36. The third kappa shape index (κ3) is 4.70. The van der Waals surface area contributed by atoms with Crippen molar-refractivity contribution in [1.82, 2.24) is 5.32 Å². The highest BCUT2D eigenvalue weighted by molar-refractivity contribution is 9.11. The summed E-state index contributed by atoms with van der Waals surface area (Å²) in [6, 6.07) is 5.09. The minimum Gasteiger partial charge on any atom is -0.491 e. The molecule has 2 saturated carbocycles. The molecule has 2 fully saturated rings. The number of hydrogen-bond acceptors (Lipinski definition) is 2. The van der Waals surface area contributed by atoms with Gasteiger partial charge in [-0.25, -0.2) is 0 Å². The summed E-state index contributed by atoms with van der Waals surface area (Å²) >= 11 is 7.33. The lowest BCUT2D eigenvalue weighted by molar-refractivity contribution is 0.207. The maximum atomic E-state index is 6.09. The molecule has 0 radical (unpaired) electrons. The van der Waals surface area contributed by atoms with Crippen molar-refractivity contribution in [2.75, 3.05) is 6.61 Å². The molecule has 21 heavy (non-hydrogen) atoms. The van der Waals surface area contributed by atoms with Gasteiger partial charge in [-0.1, -0.05) is 19.3 Å². The van der Waals surface area contributed by atoms with Crippen LogP contribution in [-0.4, -0.2) is 12.6 Å². The second kappa shape index (κ2) is 7.47. The van der Waals surface area contributed by atoms with Crippen molar-refractivity contribution in [3.05, 3.63) is 26.6 Å². The topological polar surface area (TPSA) is 21.3 Å². The zero-order chi connectivity index (χ0) is 14.7. The predicted molar refractivity (Wildman–Crippen MR) is 93.8 cm³/mol. The Bertz CT molecular complexity index is 459. The van der Waals surface area contributed by atoms with Crippen molar-refractivity contribution in [3.8, 4) is 5.75 Å². The average molecular weight is 417 g/mol. The zero-order valence-electron chi connectivity index (χ0n) is 12.3. The molecule has 0 atom stereocenters. The van der Waals surface area contributed by atoms with Crippen LogP contribution in [0.5, 0.6) is 5.75 Å². The van der Waals surface area contributed by atoms with Crippen molar-refractivity contribution in [2.24, 2.45) is 5.92 Å². The van der Waals surface area contributed by atoms with Gasteiger partial charge in [0.1, 0.15) is 5.75 Å². The fourth-order valence-corrected chi connectivity index (χ4v) is 4.47. The maximum Gasteiger partial charge on any atom is 0.147 e. The van der Waals surface area contributed by atoms with E-state index in [4.69, 9.17) is 4.74 Å². The van der Waals surface area contributed by atoms with E-state index in [-0.39, 0.29) is 0 Å². The molecule has 1 N–H and O–H groups in total. The fraction of sp³-hybridized carbons (Fsp3) is 0.647. The van der Waals surface area contributed by atoms with E-state index in [0.717, 1.165) is 39.8 Å². The molecular weight excluding hydrogens is 394 g/mol. The van der Waals surface area contributed by atoms with E-state index in [2.05, 4.69) is 49.3 Å². The van der Waals surface area contributed by atoms with Gasteiger partial charge >= 0.3 is 0 Å². The van der Waals surface area contributed by atoms with Gasteiger partial charge in [-0.2, -0.15) is 0 Å². The van der Waals surface area contributed by atoms with Gasteiger partial charge < -0.3 is 10.1 Å². The number of nitrogens with one attached hydrogen (secondary N) is 1. The van der Waals surface area contributed by atoms with Crippen molar-refractivity contribution < 1.29 is 4.74 Å². The molecule has 0 saturated heterocycles. The molecule has 4 heteroatoms. The Labute approximate surface area is 144 Å². The molecule has 2 nitrogen and oxygen atoms in total. The van der Waals surface area contributed by atoms with Crippen molar-refractivity contribution >= 4 is 31.9 Å². The molecule has 0 bridgehead atoms. The summed E-state index contributed by atoms with van der Waals surface area (Å²) < 4.78 is 8.20. The Hall–Kier alpha value is -0.0600. The van der Waals surface area contributed by atoms with Gasteiger partial charge in [-0.05, 0) is 81.2 Å². The molecule has 0 spiro atoms. The van der Waals surface area contributed by atoms with Crippen LogP contribution in [0.4, 0.5) is 0 Å². The van der Waals surface area contributed by atoms with Gasteiger partial charge in [0.25, 0.3) is 0 Å². The van der Waals surface area contributed by atoms with E-state index in [0.29, 0.717) is 0 Å². The summed E-state index contributed by atoms with van der Waals surface area (Å²) in [4.78, 5) is 0. The van der Waals surface area contributed by atoms with Gasteiger partial charge in [0.15, 0.2) is 0 Å². The average Bonchev–Trinajstić information content (AvgIpc) is 3.29. The molecule has 1 aromatic carbocycles. The summed E-state index contributed by atoms with van der Waals surface area (Å²) in [6.45, 7) is 1.78. The zero-order valence-corrected chi connectivity index (χ0v) is 15.5. The van der Waals surface area contributed by atoms with Crippen LogP contribution in [0, 0.1) is 5.92 Å². The van der Waals surface area contributed by atoms with Crippen LogP contribution in [-0.2, 0) is 6.54 Å². The van der Waals surface area contributed by atoms with E-state index in [1.165, 1.54) is 50.5 Å². The summed E-state index contributed by atoms with van der Waals surface area (Å²) in [7, 11) is 0. The molecular formula is C17H23Br2NO. The Morgan fingerprint density at radius 3 is 2.29 bits per heavy atom. The van der Waals surface area contributed by atoms with Gasteiger partial charge in [-0.3, -0.25) is 0 Å². The first kappa shape index (κ1) is 15.8. The highest BCUT2D eigenvalue weighted by Crippen LogP contribution is 2.36. The number of rotatable bonds is 6. The lowest BCUT2D eigenvalue weighted by atomic mass is 9.90. The molecule has 116 valence electrons. The molecule has 0 aromatic heterocycles. The molecule has 0 amide bonds. The summed E-state index contributed by atoms with van der Waals surface area (Å²) in [6.07, 6.45) is 9.41. The van der Waals surface area contributed by atoms with Gasteiger partial charge in [-0.15, -0.1) is 0 Å². The third-order valence-corrected chi connectivity index (χ3v) is 5.60. The molecule has 1 aromatic rings. The van der Waals surface area contributed by atoms with Gasteiger partial charge in [0.2, 0.25) is 0 Å². The lowest BCUT2D eigenvalue weighted by Gasteiger charge is -2.22. The van der Waals surface area contributed by atoms with Crippen LogP contribution in [0.2, 0.25) is 0 Å². The first-order chi connectivity index (χ1) is 10.2. The quantitative estimate of drug-likeness (QED) is 0.668. The van der Waals surface area contributed by atoms with Crippen molar-refractivity contribution in [2.45, 2.75) is 57.5 Å². The van der Waals surface area contributed by atoms with E-state index in [9.17, 15) is 0 Å². The van der Waals surface area contributed by atoms with E-state index < -0.39 is 0 Å². The Kier molecular flexibility index (Phi) is 5.63. The molecule has 3 rings (SSSR count). The first-order valence-corrected chi connectivity index (χ1v) is 9.65. The molecule has 0 heterocycles. The highest BCUT2D eigenvalue weighted by atomic mass is 79.9. The summed E-state index contributed by atoms with van der Waals surface area (Å²) in [5, 5.41) is 3.55. The number of hydrogen-bond donors (Lipinski definition) is 1. The maximum absolute atomic E-state index is 6.09. The SMILES string of the molecule is Brc1cc(CNC2CC2)cc(Br)c1OCC1CCCCC1.